The SMILES string of the molecule is CCC(CC)C(=O)NCCCc1nc2ccccc2n1CC(=O)N(CC)c1ccccc1. The molecule has 2 aromatic carbocycles. The second kappa shape index (κ2) is 11.5. The highest BCUT2D eigenvalue weighted by atomic mass is 16.2. The molecule has 0 aliphatic heterocycles. The maximum atomic E-state index is 13.2. The Kier molecular flexibility index (Phi) is 8.42. The van der Waals surface area contributed by atoms with E-state index in [1.807, 2.05) is 79.9 Å². The van der Waals surface area contributed by atoms with Gasteiger partial charge in [-0.25, -0.2) is 4.98 Å². The minimum atomic E-state index is 0.0325. The molecule has 0 spiro atoms. The number of hydrogen-bond acceptors (Lipinski definition) is 3. The summed E-state index contributed by atoms with van der Waals surface area (Å²) in [5.41, 5.74) is 2.75. The lowest BCUT2D eigenvalue weighted by atomic mass is 10.0. The quantitative estimate of drug-likeness (QED) is 0.450. The van der Waals surface area contributed by atoms with Crippen LogP contribution in [0, 0.1) is 5.92 Å². The highest BCUT2D eigenvalue weighted by molar-refractivity contribution is 5.94. The van der Waals surface area contributed by atoms with E-state index in [2.05, 4.69) is 5.32 Å². The van der Waals surface area contributed by atoms with Gasteiger partial charge < -0.3 is 14.8 Å². The molecule has 170 valence electrons. The third-order valence-electron chi connectivity index (χ3n) is 5.94. The molecule has 0 aliphatic rings. The molecule has 6 nitrogen and oxygen atoms in total. The number of nitrogens with one attached hydrogen (secondary N) is 1. The Hall–Kier alpha value is -3.15. The monoisotopic (exact) mass is 434 g/mol. The lowest BCUT2D eigenvalue weighted by molar-refractivity contribution is -0.125. The van der Waals surface area contributed by atoms with Crippen molar-refractivity contribution < 1.29 is 9.59 Å². The smallest absolute Gasteiger partial charge is 0.246 e. The van der Waals surface area contributed by atoms with E-state index in [4.69, 9.17) is 4.98 Å². The fourth-order valence-corrected chi connectivity index (χ4v) is 4.09. The maximum Gasteiger partial charge on any atom is 0.246 e. The third kappa shape index (κ3) is 5.55. The van der Waals surface area contributed by atoms with E-state index in [1.165, 1.54) is 0 Å². The number of aromatic nitrogens is 2. The van der Waals surface area contributed by atoms with Gasteiger partial charge in [-0.1, -0.05) is 44.2 Å². The average molecular weight is 435 g/mol. The largest absolute Gasteiger partial charge is 0.356 e. The van der Waals surface area contributed by atoms with Crippen molar-refractivity contribution in [2.45, 2.75) is 53.0 Å². The molecule has 1 N–H and O–H groups in total. The predicted octanol–water partition coefficient (Wildman–Crippen LogP) is 4.57. The summed E-state index contributed by atoms with van der Waals surface area (Å²) in [7, 11) is 0. The molecule has 0 bridgehead atoms. The van der Waals surface area contributed by atoms with Crippen molar-refractivity contribution >= 4 is 28.5 Å². The summed E-state index contributed by atoms with van der Waals surface area (Å²) in [6.07, 6.45) is 3.19. The van der Waals surface area contributed by atoms with Crippen LogP contribution in [0.15, 0.2) is 54.6 Å². The molecule has 0 aliphatic carbocycles. The highest BCUT2D eigenvalue weighted by Gasteiger charge is 2.19. The summed E-state index contributed by atoms with van der Waals surface area (Å²) in [5, 5.41) is 3.05. The second-order valence-corrected chi connectivity index (χ2v) is 7.98. The number of amides is 2. The molecular weight excluding hydrogens is 400 g/mol. The topological polar surface area (TPSA) is 67.2 Å². The standard InChI is InChI=1S/C26H34N4O2/c1-4-20(5-2)26(32)27-18-12-17-24-28-22-15-10-11-16-23(22)30(24)19-25(31)29(6-3)21-13-8-7-9-14-21/h7-11,13-16,20H,4-6,12,17-19H2,1-3H3,(H,27,32). The molecule has 0 fully saturated rings. The molecule has 0 radical (unpaired) electrons. The number of carbonyl (C=O) groups is 2. The van der Waals surface area contributed by atoms with Gasteiger partial charge in [-0.15, -0.1) is 0 Å². The molecular formula is C26H34N4O2. The normalized spacial score (nSPS) is 11.1. The van der Waals surface area contributed by atoms with E-state index >= 15 is 0 Å². The first kappa shape index (κ1) is 23.5. The number of carbonyl (C=O) groups excluding carboxylic acids is 2. The van der Waals surface area contributed by atoms with Crippen molar-refractivity contribution in [1.29, 1.82) is 0 Å². The Morgan fingerprint density at radius 1 is 1.00 bits per heavy atom. The zero-order valence-corrected chi connectivity index (χ0v) is 19.4. The summed E-state index contributed by atoms with van der Waals surface area (Å²) in [5.74, 6) is 1.11. The molecule has 1 aromatic heterocycles. The maximum absolute atomic E-state index is 13.2. The van der Waals surface area contributed by atoms with Crippen LogP contribution in [0.2, 0.25) is 0 Å². The van der Waals surface area contributed by atoms with Crippen LogP contribution in [0.25, 0.3) is 11.0 Å². The van der Waals surface area contributed by atoms with E-state index in [1.54, 1.807) is 4.90 Å². The van der Waals surface area contributed by atoms with Crippen molar-refractivity contribution in [3.05, 3.63) is 60.4 Å². The first-order valence-electron chi connectivity index (χ1n) is 11.7. The van der Waals surface area contributed by atoms with Gasteiger partial charge in [0.1, 0.15) is 12.4 Å². The van der Waals surface area contributed by atoms with Crippen LogP contribution in [0.5, 0.6) is 0 Å². The number of aryl methyl sites for hydroxylation is 1. The van der Waals surface area contributed by atoms with Crippen LogP contribution < -0.4 is 10.2 Å². The van der Waals surface area contributed by atoms with Crippen LogP contribution in [0.4, 0.5) is 5.69 Å². The Morgan fingerprint density at radius 2 is 1.69 bits per heavy atom. The number of benzene rings is 2. The summed E-state index contributed by atoms with van der Waals surface area (Å²) >= 11 is 0. The Balaban J connectivity index is 1.73. The summed E-state index contributed by atoms with van der Waals surface area (Å²) in [4.78, 5) is 32.0. The number of anilines is 1. The molecule has 0 unspecified atom stereocenters. The molecule has 32 heavy (non-hydrogen) atoms. The van der Waals surface area contributed by atoms with Gasteiger partial charge in [0.05, 0.1) is 11.0 Å². The molecule has 0 saturated heterocycles. The fourth-order valence-electron chi connectivity index (χ4n) is 4.09. The van der Waals surface area contributed by atoms with Crippen LogP contribution >= 0.6 is 0 Å². The van der Waals surface area contributed by atoms with E-state index in [0.29, 0.717) is 19.5 Å². The third-order valence-corrected chi connectivity index (χ3v) is 5.94. The Morgan fingerprint density at radius 3 is 2.38 bits per heavy atom. The summed E-state index contributed by atoms with van der Waals surface area (Å²) in [6.45, 7) is 7.52. The van der Waals surface area contributed by atoms with Crippen LogP contribution in [0.1, 0.15) is 45.9 Å². The van der Waals surface area contributed by atoms with E-state index in [9.17, 15) is 9.59 Å². The number of nitrogens with zero attached hydrogens (tertiary/aromatic N) is 3. The van der Waals surface area contributed by atoms with Gasteiger partial charge >= 0.3 is 0 Å². The van der Waals surface area contributed by atoms with Gasteiger partial charge in [0.2, 0.25) is 11.8 Å². The molecule has 0 atom stereocenters. The molecule has 1 heterocycles. The molecule has 2 amide bonds. The number of rotatable bonds is 11. The van der Waals surface area contributed by atoms with Crippen molar-refractivity contribution in [1.82, 2.24) is 14.9 Å². The lowest BCUT2D eigenvalue weighted by Gasteiger charge is -2.22. The molecule has 0 saturated carbocycles. The van der Waals surface area contributed by atoms with Crippen molar-refractivity contribution in [2.75, 3.05) is 18.0 Å². The van der Waals surface area contributed by atoms with Gasteiger partial charge in [0.25, 0.3) is 0 Å². The fraction of sp³-hybridized carbons (Fsp3) is 0.423. The Labute approximate surface area is 190 Å². The summed E-state index contributed by atoms with van der Waals surface area (Å²) < 4.78 is 2.02. The van der Waals surface area contributed by atoms with E-state index < -0.39 is 0 Å². The van der Waals surface area contributed by atoms with Gasteiger partial charge in [0, 0.05) is 31.1 Å². The second-order valence-electron chi connectivity index (χ2n) is 7.98. The average Bonchev–Trinajstić information content (AvgIpc) is 3.16. The molecule has 6 heteroatoms. The van der Waals surface area contributed by atoms with Crippen LogP contribution in [0.3, 0.4) is 0 Å². The van der Waals surface area contributed by atoms with Gasteiger partial charge in [-0.05, 0) is 50.5 Å². The molecule has 3 rings (SSSR count). The predicted molar refractivity (Wildman–Crippen MR) is 130 cm³/mol. The number of fused-ring (bicyclic) bond motifs is 1. The number of hydrogen-bond donors (Lipinski definition) is 1. The number of likely N-dealkylation sites (N-methyl/N-ethyl adjacent to an activating group) is 1. The Bertz CT molecular complexity index is 1020. The van der Waals surface area contributed by atoms with E-state index in [-0.39, 0.29) is 24.3 Å². The zero-order chi connectivity index (χ0) is 22.9. The van der Waals surface area contributed by atoms with Gasteiger partial charge in [0.15, 0.2) is 0 Å². The minimum absolute atomic E-state index is 0.0325. The first-order valence-corrected chi connectivity index (χ1v) is 11.7. The summed E-state index contributed by atoms with van der Waals surface area (Å²) in [6, 6.07) is 17.7. The van der Waals surface area contributed by atoms with Gasteiger partial charge in [-0.3, -0.25) is 9.59 Å². The highest BCUT2D eigenvalue weighted by Crippen LogP contribution is 2.19. The number of imidazole rings is 1. The van der Waals surface area contributed by atoms with Crippen molar-refractivity contribution in [2.24, 2.45) is 5.92 Å². The molecule has 3 aromatic rings. The zero-order valence-electron chi connectivity index (χ0n) is 19.4. The first-order chi connectivity index (χ1) is 15.6. The van der Waals surface area contributed by atoms with Crippen LogP contribution in [-0.2, 0) is 22.6 Å². The lowest BCUT2D eigenvalue weighted by Crippen LogP contribution is -2.34. The van der Waals surface area contributed by atoms with Crippen LogP contribution in [-0.4, -0.2) is 34.5 Å². The van der Waals surface area contributed by atoms with Crippen molar-refractivity contribution in [3.8, 4) is 0 Å². The number of para-hydroxylation sites is 3. The minimum Gasteiger partial charge on any atom is -0.356 e. The van der Waals surface area contributed by atoms with E-state index in [0.717, 1.165) is 41.8 Å². The van der Waals surface area contributed by atoms with Crippen molar-refractivity contribution in [3.63, 3.8) is 0 Å². The van der Waals surface area contributed by atoms with Gasteiger partial charge in [-0.2, -0.15) is 0 Å².